The lowest BCUT2D eigenvalue weighted by Crippen LogP contribution is -2.45. The summed E-state index contributed by atoms with van der Waals surface area (Å²) in [7, 11) is 2.07. The summed E-state index contributed by atoms with van der Waals surface area (Å²) in [5.74, 6) is 0.222. The van der Waals surface area contributed by atoms with E-state index in [9.17, 15) is 18.0 Å². The molecule has 2 heterocycles. The third kappa shape index (κ3) is 5.45. The molecule has 5 nitrogen and oxygen atoms in total. The van der Waals surface area contributed by atoms with Gasteiger partial charge in [-0.15, -0.1) is 0 Å². The van der Waals surface area contributed by atoms with Crippen molar-refractivity contribution in [3.8, 4) is 11.3 Å². The van der Waals surface area contributed by atoms with Gasteiger partial charge in [-0.05, 0) is 31.2 Å². The van der Waals surface area contributed by atoms with Crippen LogP contribution in [0.2, 0.25) is 0 Å². The summed E-state index contributed by atoms with van der Waals surface area (Å²) in [6.45, 7) is 8.60. The second-order valence-corrected chi connectivity index (χ2v) is 8.09. The van der Waals surface area contributed by atoms with E-state index in [2.05, 4.69) is 21.9 Å². The highest BCUT2D eigenvalue weighted by Crippen LogP contribution is 2.30. The van der Waals surface area contributed by atoms with E-state index in [1.807, 2.05) is 13.8 Å². The molecule has 2 aromatic rings. The Morgan fingerprint density at radius 1 is 1.07 bits per heavy atom. The predicted octanol–water partition coefficient (Wildman–Crippen LogP) is 3.33. The maximum absolute atomic E-state index is 12.9. The second kappa shape index (κ2) is 8.67. The number of hydrogen-bond donors (Lipinski definition) is 0. The largest absolute Gasteiger partial charge is 0.416 e. The minimum absolute atomic E-state index is 0.131. The van der Waals surface area contributed by atoms with Crippen LogP contribution >= 0.6 is 0 Å². The van der Waals surface area contributed by atoms with Crippen LogP contribution in [-0.4, -0.2) is 52.8 Å². The second-order valence-electron chi connectivity index (χ2n) is 8.09. The molecule has 0 bridgehead atoms. The van der Waals surface area contributed by atoms with Crippen molar-refractivity contribution in [2.75, 3.05) is 33.2 Å². The Hall–Kier alpha value is -2.19. The number of halogens is 3. The number of nitrogens with zero attached hydrogens (tertiary/aromatic N) is 4. The van der Waals surface area contributed by atoms with Gasteiger partial charge >= 0.3 is 6.18 Å². The molecule has 3 rings (SSSR count). The summed E-state index contributed by atoms with van der Waals surface area (Å²) in [4.78, 5) is 17.4. The predicted molar refractivity (Wildman–Crippen MR) is 107 cm³/mol. The van der Waals surface area contributed by atoms with Gasteiger partial charge < -0.3 is 4.90 Å². The lowest BCUT2D eigenvalue weighted by molar-refractivity contribution is -0.137. The molecule has 1 aliphatic rings. The first-order valence-electron chi connectivity index (χ1n) is 9.83. The fourth-order valence-electron chi connectivity index (χ4n) is 3.40. The van der Waals surface area contributed by atoms with Crippen molar-refractivity contribution in [3.63, 3.8) is 0 Å². The van der Waals surface area contributed by atoms with Gasteiger partial charge in [0.05, 0.1) is 11.3 Å². The Bertz CT molecular complexity index is 882. The molecular weight excluding hydrogens is 381 g/mol. The summed E-state index contributed by atoms with van der Waals surface area (Å²) in [5.41, 5.74) is 0.876. The first-order chi connectivity index (χ1) is 13.6. The first-order valence-corrected chi connectivity index (χ1v) is 9.83. The number of likely N-dealkylation sites (N-methyl/N-ethyl adjacent to an activating group) is 1. The van der Waals surface area contributed by atoms with E-state index >= 15 is 0 Å². The highest BCUT2D eigenvalue weighted by molar-refractivity contribution is 5.59. The number of rotatable bonds is 5. The van der Waals surface area contributed by atoms with Crippen LogP contribution in [0.3, 0.4) is 0 Å². The van der Waals surface area contributed by atoms with Crippen LogP contribution in [0.4, 0.5) is 13.2 Å². The standard InChI is InChI=1S/C21H27F3N4O/c1-15(2)13-28-20(29)17(14-27-10-8-26(3)9-11-27)12-19(25-28)16-4-6-18(7-5-16)21(22,23)24/h4-7,12,15H,8-11,13-14H2,1-3H3. The van der Waals surface area contributed by atoms with Crippen molar-refractivity contribution in [1.29, 1.82) is 0 Å². The number of benzene rings is 1. The molecule has 1 aromatic carbocycles. The van der Waals surface area contributed by atoms with E-state index < -0.39 is 11.7 Å². The molecule has 1 aromatic heterocycles. The molecule has 29 heavy (non-hydrogen) atoms. The molecule has 0 saturated carbocycles. The van der Waals surface area contributed by atoms with Crippen LogP contribution in [0.1, 0.15) is 25.0 Å². The Labute approximate surface area is 168 Å². The van der Waals surface area contributed by atoms with E-state index in [0.29, 0.717) is 29.9 Å². The number of alkyl halides is 3. The van der Waals surface area contributed by atoms with Gasteiger partial charge in [-0.1, -0.05) is 26.0 Å². The van der Waals surface area contributed by atoms with Gasteiger partial charge in [-0.25, -0.2) is 4.68 Å². The van der Waals surface area contributed by atoms with E-state index in [4.69, 9.17) is 0 Å². The summed E-state index contributed by atoms with van der Waals surface area (Å²) in [5, 5.41) is 4.44. The van der Waals surface area contributed by atoms with Gasteiger partial charge in [0.15, 0.2) is 0 Å². The summed E-state index contributed by atoms with van der Waals surface area (Å²) in [6, 6.07) is 6.65. The molecular formula is C21H27F3N4O. The van der Waals surface area contributed by atoms with Crippen LogP contribution in [0.5, 0.6) is 0 Å². The fraction of sp³-hybridized carbons (Fsp3) is 0.524. The van der Waals surface area contributed by atoms with Gasteiger partial charge in [-0.3, -0.25) is 9.69 Å². The van der Waals surface area contributed by atoms with Crippen molar-refractivity contribution in [3.05, 3.63) is 51.8 Å². The maximum Gasteiger partial charge on any atom is 0.416 e. The van der Waals surface area contributed by atoms with E-state index in [-0.39, 0.29) is 11.5 Å². The van der Waals surface area contributed by atoms with Crippen LogP contribution in [0, 0.1) is 5.92 Å². The van der Waals surface area contributed by atoms with E-state index in [1.165, 1.54) is 16.8 Å². The average Bonchev–Trinajstić information content (AvgIpc) is 2.65. The van der Waals surface area contributed by atoms with Crippen LogP contribution in [0.25, 0.3) is 11.3 Å². The lowest BCUT2D eigenvalue weighted by atomic mass is 10.1. The van der Waals surface area contributed by atoms with E-state index in [0.717, 1.165) is 38.3 Å². The maximum atomic E-state index is 12.9. The van der Waals surface area contributed by atoms with Crippen LogP contribution in [-0.2, 0) is 19.3 Å². The Kier molecular flexibility index (Phi) is 6.43. The minimum Gasteiger partial charge on any atom is -0.304 e. The van der Waals surface area contributed by atoms with Gasteiger partial charge in [0, 0.05) is 50.4 Å². The topological polar surface area (TPSA) is 41.4 Å². The molecule has 0 spiro atoms. The van der Waals surface area contributed by atoms with Crippen molar-refractivity contribution >= 4 is 0 Å². The monoisotopic (exact) mass is 408 g/mol. The molecule has 1 aliphatic heterocycles. The fourth-order valence-corrected chi connectivity index (χ4v) is 3.40. The van der Waals surface area contributed by atoms with Crippen molar-refractivity contribution in [1.82, 2.24) is 19.6 Å². The van der Waals surface area contributed by atoms with Crippen LogP contribution < -0.4 is 5.56 Å². The van der Waals surface area contributed by atoms with Crippen LogP contribution in [0.15, 0.2) is 35.1 Å². The molecule has 0 N–H and O–H groups in total. The number of piperazine rings is 1. The zero-order chi connectivity index (χ0) is 21.2. The smallest absolute Gasteiger partial charge is 0.304 e. The summed E-state index contributed by atoms with van der Waals surface area (Å²) >= 11 is 0. The zero-order valence-electron chi connectivity index (χ0n) is 17.0. The summed E-state index contributed by atoms with van der Waals surface area (Å²) < 4.78 is 40.0. The molecule has 0 aliphatic carbocycles. The third-order valence-corrected chi connectivity index (χ3v) is 5.08. The average molecular weight is 408 g/mol. The van der Waals surface area contributed by atoms with Gasteiger partial charge in [-0.2, -0.15) is 18.3 Å². The zero-order valence-corrected chi connectivity index (χ0v) is 17.0. The molecule has 1 saturated heterocycles. The number of hydrogen-bond acceptors (Lipinski definition) is 4. The molecule has 158 valence electrons. The molecule has 0 amide bonds. The summed E-state index contributed by atoms with van der Waals surface area (Å²) in [6.07, 6.45) is -4.38. The highest BCUT2D eigenvalue weighted by atomic mass is 19.4. The molecule has 0 unspecified atom stereocenters. The van der Waals surface area contributed by atoms with E-state index in [1.54, 1.807) is 6.07 Å². The van der Waals surface area contributed by atoms with Crippen molar-refractivity contribution < 1.29 is 13.2 Å². The lowest BCUT2D eigenvalue weighted by Gasteiger charge is -2.32. The molecule has 1 fully saturated rings. The quantitative estimate of drug-likeness (QED) is 0.761. The molecule has 8 heteroatoms. The minimum atomic E-state index is -4.38. The Morgan fingerprint density at radius 2 is 1.69 bits per heavy atom. The third-order valence-electron chi connectivity index (χ3n) is 5.08. The van der Waals surface area contributed by atoms with Gasteiger partial charge in [0.25, 0.3) is 5.56 Å². The van der Waals surface area contributed by atoms with Crippen molar-refractivity contribution in [2.24, 2.45) is 5.92 Å². The molecule has 0 atom stereocenters. The SMILES string of the molecule is CC(C)Cn1nc(-c2ccc(C(F)(F)F)cc2)cc(CN2CCN(C)CC2)c1=O. The first kappa shape index (κ1) is 21.5. The van der Waals surface area contributed by atoms with Gasteiger partial charge in [0.2, 0.25) is 0 Å². The Morgan fingerprint density at radius 3 is 2.24 bits per heavy atom. The van der Waals surface area contributed by atoms with Crippen molar-refractivity contribution in [2.45, 2.75) is 33.1 Å². The number of aromatic nitrogens is 2. The normalized spacial score (nSPS) is 16.5. The molecule has 0 radical (unpaired) electrons. The highest BCUT2D eigenvalue weighted by Gasteiger charge is 2.30. The van der Waals surface area contributed by atoms with Gasteiger partial charge in [0.1, 0.15) is 0 Å². The Balaban J connectivity index is 1.95.